The van der Waals surface area contributed by atoms with Crippen molar-refractivity contribution in [2.75, 3.05) is 18.4 Å². The number of carbonyl (C=O) groups excluding carboxylic acids is 1. The molecule has 5 N–H and O–H groups in total. The van der Waals surface area contributed by atoms with E-state index < -0.39 is 29.8 Å². The number of carbonyl (C=O) groups is 2. The van der Waals surface area contributed by atoms with Gasteiger partial charge in [0.1, 0.15) is 33.9 Å². The first-order valence-corrected chi connectivity index (χ1v) is 14.2. The number of imidazole rings is 1. The van der Waals surface area contributed by atoms with E-state index in [1.165, 1.54) is 25.1 Å². The van der Waals surface area contributed by atoms with Gasteiger partial charge in [-0.15, -0.1) is 11.3 Å². The fourth-order valence-corrected chi connectivity index (χ4v) is 5.61. The Kier molecular flexibility index (Phi) is 8.71. The quantitative estimate of drug-likeness (QED) is 0.123. The molecule has 44 heavy (non-hydrogen) atoms. The summed E-state index contributed by atoms with van der Waals surface area (Å²) < 4.78 is 48.4. The maximum absolute atomic E-state index is 13.6. The van der Waals surface area contributed by atoms with E-state index >= 15 is 0 Å². The molecule has 5 rings (SSSR count). The van der Waals surface area contributed by atoms with Gasteiger partial charge in [-0.2, -0.15) is 13.2 Å². The van der Waals surface area contributed by atoms with Crippen LogP contribution in [0.4, 0.5) is 23.8 Å². The van der Waals surface area contributed by atoms with Crippen LogP contribution in [0.15, 0.2) is 73.2 Å². The van der Waals surface area contributed by atoms with Crippen molar-refractivity contribution < 1.29 is 32.6 Å². The van der Waals surface area contributed by atoms with Crippen LogP contribution in [0, 0.1) is 0 Å². The first kappa shape index (κ1) is 30.4. The van der Waals surface area contributed by atoms with Crippen LogP contribution < -0.4 is 21.1 Å². The number of nitrogens with zero attached hydrogens (tertiary/aromatic N) is 3. The number of nitrogens with two attached hydrogens (primary N) is 1. The SMILES string of the molecule is C[C@@H](Oc1cc(-n2cnc3cc(-c4ccnc(NCCCNC(=O)O)c4)ccc32)sc1C(N)=O)c1ccccc1C(F)(F)F. The van der Waals surface area contributed by atoms with E-state index in [1.54, 1.807) is 23.2 Å². The van der Waals surface area contributed by atoms with Gasteiger partial charge in [0.15, 0.2) is 0 Å². The molecule has 0 saturated carbocycles. The van der Waals surface area contributed by atoms with E-state index in [4.69, 9.17) is 15.6 Å². The van der Waals surface area contributed by atoms with Gasteiger partial charge < -0.3 is 26.2 Å². The maximum Gasteiger partial charge on any atom is 0.416 e. The molecular weight excluding hydrogens is 597 g/mol. The molecule has 0 aliphatic carbocycles. The lowest BCUT2D eigenvalue weighted by atomic mass is 10.0. The van der Waals surface area contributed by atoms with Gasteiger partial charge in [0.2, 0.25) is 0 Å². The number of amides is 2. The first-order chi connectivity index (χ1) is 21.0. The van der Waals surface area contributed by atoms with E-state index in [9.17, 15) is 22.8 Å². The van der Waals surface area contributed by atoms with Gasteiger partial charge >= 0.3 is 12.3 Å². The monoisotopic (exact) mass is 624 g/mol. The second-order valence-electron chi connectivity index (χ2n) is 9.75. The van der Waals surface area contributed by atoms with Crippen molar-refractivity contribution in [2.45, 2.75) is 25.6 Å². The van der Waals surface area contributed by atoms with Crippen LogP contribution in [0.25, 0.3) is 27.2 Å². The van der Waals surface area contributed by atoms with E-state index in [-0.39, 0.29) is 16.2 Å². The highest BCUT2D eigenvalue weighted by Gasteiger charge is 2.35. The van der Waals surface area contributed by atoms with Crippen molar-refractivity contribution in [1.29, 1.82) is 0 Å². The molecule has 0 unspecified atom stereocenters. The van der Waals surface area contributed by atoms with Crippen LogP contribution in [-0.4, -0.2) is 44.7 Å². The van der Waals surface area contributed by atoms with Gasteiger partial charge in [-0.05, 0) is 54.8 Å². The number of thiophene rings is 1. The average Bonchev–Trinajstić information content (AvgIpc) is 3.60. The minimum atomic E-state index is -4.56. The molecule has 0 aliphatic rings. The number of hydrogen-bond acceptors (Lipinski definition) is 7. The summed E-state index contributed by atoms with van der Waals surface area (Å²) in [6, 6.07) is 16.1. The molecule has 5 aromatic rings. The van der Waals surface area contributed by atoms with Crippen LogP contribution in [0.1, 0.15) is 40.2 Å². The number of primary amides is 1. The van der Waals surface area contributed by atoms with E-state index in [0.717, 1.165) is 34.0 Å². The van der Waals surface area contributed by atoms with Gasteiger partial charge in [-0.25, -0.2) is 14.8 Å². The Bertz CT molecular complexity index is 1820. The first-order valence-electron chi connectivity index (χ1n) is 13.4. The smallest absolute Gasteiger partial charge is 0.416 e. The molecular formula is C30H27F3N6O4S. The number of anilines is 1. The molecule has 1 atom stereocenters. The second kappa shape index (κ2) is 12.6. The zero-order valence-corrected chi connectivity index (χ0v) is 24.1. The van der Waals surface area contributed by atoms with Crippen molar-refractivity contribution in [3.05, 3.63) is 89.2 Å². The predicted octanol–water partition coefficient (Wildman–Crippen LogP) is 6.48. The van der Waals surface area contributed by atoms with Crippen molar-refractivity contribution in [2.24, 2.45) is 5.73 Å². The number of nitrogens with one attached hydrogen (secondary N) is 2. The number of pyridine rings is 1. The molecule has 14 heteroatoms. The standard InChI is InChI=1S/C30H27F3N6O4S/c1-17(20-5-2-3-6-21(20)30(31,32)33)43-24-15-26(44-27(24)28(34)40)39-16-38-22-13-18(7-8-23(22)39)19-9-12-36-25(14-19)35-10-4-11-37-29(41)42/h2-3,5-9,12-17,37H,4,10-11H2,1H3,(H2,34,40)(H,35,36)(H,41,42)/t17-/m1/s1. The van der Waals surface area contributed by atoms with Crippen LogP contribution in [0.3, 0.4) is 0 Å². The molecule has 3 heterocycles. The van der Waals surface area contributed by atoms with Gasteiger partial charge in [0.25, 0.3) is 5.91 Å². The van der Waals surface area contributed by atoms with Gasteiger partial charge in [-0.1, -0.05) is 24.3 Å². The number of fused-ring (bicyclic) bond motifs is 1. The van der Waals surface area contributed by atoms with Gasteiger partial charge in [0.05, 0.1) is 16.6 Å². The molecule has 0 spiro atoms. The summed E-state index contributed by atoms with van der Waals surface area (Å²) in [5.41, 5.74) is 7.90. The molecule has 228 valence electrons. The van der Waals surface area contributed by atoms with Crippen LogP contribution >= 0.6 is 11.3 Å². The summed E-state index contributed by atoms with van der Waals surface area (Å²) >= 11 is 1.05. The minimum absolute atomic E-state index is 0.0616. The highest BCUT2D eigenvalue weighted by atomic mass is 32.1. The lowest BCUT2D eigenvalue weighted by Gasteiger charge is -2.19. The van der Waals surface area contributed by atoms with Crippen LogP contribution in [0.5, 0.6) is 5.75 Å². The highest BCUT2D eigenvalue weighted by Crippen LogP contribution is 2.39. The Morgan fingerprint density at radius 2 is 1.84 bits per heavy atom. The lowest BCUT2D eigenvalue weighted by Crippen LogP contribution is -2.23. The topological polar surface area (TPSA) is 144 Å². The third-order valence-electron chi connectivity index (χ3n) is 6.73. The average molecular weight is 625 g/mol. The van der Waals surface area contributed by atoms with Gasteiger partial charge in [-0.3, -0.25) is 9.36 Å². The summed E-state index contributed by atoms with van der Waals surface area (Å²) in [5.74, 6) is -0.0452. The molecule has 2 amide bonds. The molecule has 0 radical (unpaired) electrons. The van der Waals surface area contributed by atoms with E-state index in [1.807, 2.05) is 30.3 Å². The number of carboxylic acid groups (broad SMARTS) is 1. The summed E-state index contributed by atoms with van der Waals surface area (Å²) in [5, 5.41) is 14.7. The van der Waals surface area contributed by atoms with Crippen molar-refractivity contribution >= 4 is 40.2 Å². The molecule has 0 bridgehead atoms. The molecule has 0 aliphatic heterocycles. The fraction of sp³-hybridized carbons (Fsp3) is 0.200. The molecule has 0 saturated heterocycles. The zero-order valence-electron chi connectivity index (χ0n) is 23.3. The molecule has 0 fully saturated rings. The maximum atomic E-state index is 13.6. The number of benzene rings is 2. The Morgan fingerprint density at radius 3 is 2.59 bits per heavy atom. The minimum Gasteiger partial charge on any atom is -0.484 e. The third-order valence-corrected chi connectivity index (χ3v) is 7.86. The summed E-state index contributed by atoms with van der Waals surface area (Å²) in [6.07, 6.45) is -2.80. The number of hydrogen-bond donors (Lipinski definition) is 4. The number of aromatic nitrogens is 3. The van der Waals surface area contributed by atoms with E-state index in [0.29, 0.717) is 35.8 Å². The van der Waals surface area contributed by atoms with Crippen LogP contribution in [0.2, 0.25) is 0 Å². The lowest BCUT2D eigenvalue weighted by molar-refractivity contribution is -0.139. The van der Waals surface area contributed by atoms with Crippen molar-refractivity contribution in [1.82, 2.24) is 19.9 Å². The Morgan fingerprint density at radius 1 is 1.07 bits per heavy atom. The second-order valence-corrected chi connectivity index (χ2v) is 10.8. The summed E-state index contributed by atoms with van der Waals surface area (Å²) in [7, 11) is 0. The number of rotatable bonds is 11. The van der Waals surface area contributed by atoms with Gasteiger partial charge in [0, 0.05) is 30.9 Å². The molecule has 3 aromatic heterocycles. The largest absolute Gasteiger partial charge is 0.484 e. The number of halogens is 3. The summed E-state index contributed by atoms with van der Waals surface area (Å²) in [4.78, 5) is 31.8. The summed E-state index contributed by atoms with van der Waals surface area (Å²) in [6.45, 7) is 2.34. The predicted molar refractivity (Wildman–Crippen MR) is 160 cm³/mol. The van der Waals surface area contributed by atoms with Crippen molar-refractivity contribution in [3.63, 3.8) is 0 Å². The van der Waals surface area contributed by atoms with Crippen LogP contribution in [-0.2, 0) is 6.18 Å². The number of alkyl halides is 3. The van der Waals surface area contributed by atoms with Crippen molar-refractivity contribution in [3.8, 4) is 21.9 Å². The zero-order chi connectivity index (χ0) is 31.4. The molecule has 2 aromatic carbocycles. The Balaban J connectivity index is 1.37. The van der Waals surface area contributed by atoms with E-state index in [2.05, 4.69) is 20.6 Å². The highest BCUT2D eigenvalue weighted by molar-refractivity contribution is 7.16. The normalized spacial score (nSPS) is 12.2. The molecule has 10 nitrogen and oxygen atoms in total. The Hall–Kier alpha value is -5.11. The fourth-order valence-electron chi connectivity index (χ4n) is 4.68. The Labute approximate surface area is 253 Å². The number of ether oxygens (including phenoxy) is 1. The third kappa shape index (κ3) is 6.75.